The lowest BCUT2D eigenvalue weighted by atomic mass is 9.53. The van der Waals surface area contributed by atoms with E-state index in [1.54, 1.807) is 0 Å². The van der Waals surface area contributed by atoms with Gasteiger partial charge in [-0.05, 0) is 76.3 Å². The molecule has 3 heteroatoms. The molecule has 3 nitrogen and oxygen atoms in total. The van der Waals surface area contributed by atoms with Gasteiger partial charge in [-0.2, -0.15) is 0 Å². The SMILES string of the molecule is CC(C)(CCC[C@@H]1C[C@@H](CN2CCCCC2)C1(C)C)C(=O)O. The molecule has 1 aliphatic carbocycles. The first-order chi connectivity index (χ1) is 10.2. The van der Waals surface area contributed by atoms with Crippen LogP contribution in [0.15, 0.2) is 0 Å². The second kappa shape index (κ2) is 6.90. The van der Waals surface area contributed by atoms with Gasteiger partial charge in [0.1, 0.15) is 0 Å². The molecule has 1 saturated carbocycles. The van der Waals surface area contributed by atoms with E-state index in [1.165, 1.54) is 51.7 Å². The van der Waals surface area contributed by atoms with Gasteiger partial charge in [0.2, 0.25) is 0 Å². The Labute approximate surface area is 136 Å². The molecule has 1 saturated heterocycles. The number of carboxylic acid groups (broad SMARTS) is 1. The number of carboxylic acids is 1. The fourth-order valence-corrected chi connectivity index (χ4v) is 4.27. The molecule has 1 N–H and O–H groups in total. The highest BCUT2D eigenvalue weighted by Gasteiger charge is 2.47. The van der Waals surface area contributed by atoms with Crippen molar-refractivity contribution in [1.82, 2.24) is 4.90 Å². The first kappa shape index (κ1) is 17.8. The molecule has 22 heavy (non-hydrogen) atoms. The smallest absolute Gasteiger partial charge is 0.309 e. The van der Waals surface area contributed by atoms with Crippen molar-refractivity contribution in [3.8, 4) is 0 Å². The quantitative estimate of drug-likeness (QED) is 0.757. The van der Waals surface area contributed by atoms with E-state index in [4.69, 9.17) is 0 Å². The van der Waals surface area contributed by atoms with Gasteiger partial charge in [0.25, 0.3) is 0 Å². The summed E-state index contributed by atoms with van der Waals surface area (Å²) in [5.74, 6) is 0.957. The molecule has 2 rings (SSSR count). The average Bonchev–Trinajstić information content (AvgIpc) is 2.46. The normalized spacial score (nSPS) is 29.1. The maximum Gasteiger partial charge on any atom is 0.309 e. The number of piperidine rings is 1. The van der Waals surface area contributed by atoms with E-state index in [-0.39, 0.29) is 0 Å². The van der Waals surface area contributed by atoms with E-state index in [2.05, 4.69) is 18.7 Å². The Morgan fingerprint density at radius 2 is 1.82 bits per heavy atom. The van der Waals surface area contributed by atoms with Crippen LogP contribution in [0.4, 0.5) is 0 Å². The Balaban J connectivity index is 1.72. The molecule has 0 spiro atoms. The number of likely N-dealkylation sites (tertiary alicyclic amines) is 1. The van der Waals surface area contributed by atoms with Crippen molar-refractivity contribution in [2.45, 2.75) is 72.6 Å². The third-order valence-corrected chi connectivity index (χ3v) is 6.53. The maximum absolute atomic E-state index is 11.2. The van der Waals surface area contributed by atoms with Crippen LogP contribution in [0.5, 0.6) is 0 Å². The Morgan fingerprint density at radius 3 is 2.36 bits per heavy atom. The van der Waals surface area contributed by atoms with Crippen LogP contribution >= 0.6 is 0 Å². The molecule has 2 fully saturated rings. The molecule has 0 aromatic heterocycles. The van der Waals surface area contributed by atoms with Crippen molar-refractivity contribution in [3.05, 3.63) is 0 Å². The molecule has 0 aromatic rings. The van der Waals surface area contributed by atoms with Crippen molar-refractivity contribution in [1.29, 1.82) is 0 Å². The van der Waals surface area contributed by atoms with Crippen LogP contribution in [0.3, 0.4) is 0 Å². The van der Waals surface area contributed by atoms with Gasteiger partial charge in [0.15, 0.2) is 0 Å². The number of hydrogen-bond donors (Lipinski definition) is 1. The first-order valence-corrected chi connectivity index (χ1v) is 9.19. The summed E-state index contributed by atoms with van der Waals surface area (Å²) in [5.41, 5.74) is -0.133. The second-order valence-corrected chi connectivity index (χ2v) is 8.89. The van der Waals surface area contributed by atoms with E-state index in [0.717, 1.165) is 24.7 Å². The molecular formula is C19H35NO2. The third-order valence-electron chi connectivity index (χ3n) is 6.53. The van der Waals surface area contributed by atoms with Crippen LogP contribution in [0.2, 0.25) is 0 Å². The van der Waals surface area contributed by atoms with Crippen molar-refractivity contribution < 1.29 is 9.90 Å². The van der Waals surface area contributed by atoms with Gasteiger partial charge in [-0.25, -0.2) is 0 Å². The van der Waals surface area contributed by atoms with Gasteiger partial charge in [-0.1, -0.05) is 26.7 Å². The second-order valence-electron chi connectivity index (χ2n) is 8.89. The highest BCUT2D eigenvalue weighted by atomic mass is 16.4. The zero-order chi connectivity index (χ0) is 16.4. The van der Waals surface area contributed by atoms with E-state index >= 15 is 0 Å². The molecule has 1 aliphatic heterocycles. The Hall–Kier alpha value is -0.570. The molecular weight excluding hydrogens is 274 g/mol. The van der Waals surface area contributed by atoms with E-state index in [9.17, 15) is 9.90 Å². The predicted octanol–water partition coefficient (Wildman–Crippen LogP) is 4.42. The molecule has 128 valence electrons. The number of hydrogen-bond acceptors (Lipinski definition) is 2. The van der Waals surface area contributed by atoms with Gasteiger partial charge in [-0.3, -0.25) is 4.79 Å². The summed E-state index contributed by atoms with van der Waals surface area (Å²) in [5, 5.41) is 9.20. The van der Waals surface area contributed by atoms with Gasteiger partial charge >= 0.3 is 5.97 Å². The summed E-state index contributed by atoms with van der Waals surface area (Å²) < 4.78 is 0. The molecule has 0 unspecified atom stereocenters. The van der Waals surface area contributed by atoms with Crippen LogP contribution in [-0.4, -0.2) is 35.6 Å². The summed E-state index contributed by atoms with van der Waals surface area (Å²) in [6.45, 7) is 12.4. The minimum absolute atomic E-state index is 0.435. The van der Waals surface area contributed by atoms with Crippen LogP contribution < -0.4 is 0 Å². The number of carbonyl (C=O) groups is 1. The van der Waals surface area contributed by atoms with Crippen LogP contribution in [0, 0.1) is 22.7 Å². The van der Waals surface area contributed by atoms with Crippen molar-refractivity contribution in [2.24, 2.45) is 22.7 Å². The van der Waals surface area contributed by atoms with Crippen molar-refractivity contribution in [3.63, 3.8) is 0 Å². The summed E-state index contributed by atoms with van der Waals surface area (Å²) in [6, 6.07) is 0. The lowest BCUT2D eigenvalue weighted by Crippen LogP contribution is -2.50. The van der Waals surface area contributed by atoms with E-state index in [0.29, 0.717) is 5.41 Å². The monoisotopic (exact) mass is 309 g/mol. The predicted molar refractivity (Wildman–Crippen MR) is 90.9 cm³/mol. The van der Waals surface area contributed by atoms with E-state index < -0.39 is 11.4 Å². The molecule has 0 aromatic carbocycles. The maximum atomic E-state index is 11.2. The summed E-state index contributed by atoms with van der Waals surface area (Å²) in [4.78, 5) is 13.8. The number of nitrogens with zero attached hydrogens (tertiary/aromatic N) is 1. The van der Waals surface area contributed by atoms with Gasteiger partial charge < -0.3 is 10.0 Å². The highest BCUT2D eigenvalue weighted by Crippen LogP contribution is 2.54. The Bertz CT molecular complexity index is 383. The molecule has 2 aliphatic rings. The summed E-state index contributed by atoms with van der Waals surface area (Å²) in [7, 11) is 0. The topological polar surface area (TPSA) is 40.5 Å². The fraction of sp³-hybridized carbons (Fsp3) is 0.947. The minimum atomic E-state index is -0.664. The standard InChI is InChI=1S/C19H35NO2/c1-18(2,17(21)22)10-8-9-15-13-16(19(15,3)4)14-20-11-6-5-7-12-20/h15-16H,5-14H2,1-4H3,(H,21,22)/t15-,16+/m1/s1. The summed E-state index contributed by atoms with van der Waals surface area (Å²) in [6.07, 6.45) is 8.54. The molecule has 1 heterocycles. The van der Waals surface area contributed by atoms with Crippen molar-refractivity contribution in [2.75, 3.05) is 19.6 Å². The average molecular weight is 309 g/mol. The van der Waals surface area contributed by atoms with Gasteiger partial charge in [0.05, 0.1) is 5.41 Å². The largest absolute Gasteiger partial charge is 0.481 e. The van der Waals surface area contributed by atoms with Crippen LogP contribution in [0.1, 0.15) is 72.6 Å². The summed E-state index contributed by atoms with van der Waals surface area (Å²) >= 11 is 0. The first-order valence-electron chi connectivity index (χ1n) is 9.19. The van der Waals surface area contributed by atoms with Crippen LogP contribution in [-0.2, 0) is 4.79 Å². The Morgan fingerprint density at radius 1 is 1.18 bits per heavy atom. The van der Waals surface area contributed by atoms with Gasteiger partial charge in [0, 0.05) is 6.54 Å². The Kier molecular flexibility index (Phi) is 5.58. The molecule has 0 amide bonds. The molecule has 0 radical (unpaired) electrons. The molecule has 0 bridgehead atoms. The highest BCUT2D eigenvalue weighted by molar-refractivity contribution is 5.73. The van der Waals surface area contributed by atoms with E-state index in [1.807, 2.05) is 13.8 Å². The zero-order valence-electron chi connectivity index (χ0n) is 15.0. The fourth-order valence-electron chi connectivity index (χ4n) is 4.27. The minimum Gasteiger partial charge on any atom is -0.481 e. The molecule has 2 atom stereocenters. The lowest BCUT2D eigenvalue weighted by Gasteiger charge is -2.54. The van der Waals surface area contributed by atoms with Gasteiger partial charge in [-0.15, -0.1) is 0 Å². The number of aliphatic carboxylic acids is 1. The number of rotatable bonds is 7. The van der Waals surface area contributed by atoms with Crippen molar-refractivity contribution >= 4 is 5.97 Å². The third kappa shape index (κ3) is 4.04. The zero-order valence-corrected chi connectivity index (χ0v) is 15.0. The van der Waals surface area contributed by atoms with Crippen LogP contribution in [0.25, 0.3) is 0 Å². The lowest BCUT2D eigenvalue weighted by molar-refractivity contribution is -0.147.